The average Bonchev–Trinajstić information content (AvgIpc) is 2.98. The van der Waals surface area contributed by atoms with Gasteiger partial charge >= 0.3 is 0 Å². The molecule has 2 aliphatic rings. The topological polar surface area (TPSA) is 66.2 Å². The van der Waals surface area contributed by atoms with E-state index in [1.54, 1.807) is 0 Å². The van der Waals surface area contributed by atoms with E-state index in [-0.39, 0.29) is 11.8 Å². The van der Waals surface area contributed by atoms with E-state index in [1.807, 2.05) is 29.7 Å². The highest BCUT2D eigenvalue weighted by Crippen LogP contribution is 2.17. The van der Waals surface area contributed by atoms with Gasteiger partial charge in [-0.3, -0.25) is 14.5 Å². The number of carbonyl (C=O) groups excluding carboxylic acids is 2. The van der Waals surface area contributed by atoms with E-state index in [9.17, 15) is 9.59 Å². The third-order valence-electron chi connectivity index (χ3n) is 4.94. The molecule has 7 heteroatoms. The molecular weight excluding hydrogens is 322 g/mol. The molecular formula is C18H27N3O4. The van der Waals surface area contributed by atoms with E-state index >= 15 is 0 Å². The molecule has 0 radical (unpaired) electrons. The number of hydrogen-bond acceptors (Lipinski definition) is 5. The number of aryl methyl sites for hydroxylation is 2. The number of furan rings is 1. The van der Waals surface area contributed by atoms with Gasteiger partial charge < -0.3 is 19.0 Å². The lowest BCUT2D eigenvalue weighted by atomic mass is 10.2. The fraction of sp³-hybridized carbons (Fsp3) is 0.667. The standard InChI is InChI=1S/C18H27N3O4/c1-14-13-16(15(2)25-14)18(23)21-7-5-19(6-8-21)4-3-17(22)20-9-11-24-12-10-20/h13H,3-12H2,1-2H3. The molecule has 25 heavy (non-hydrogen) atoms. The zero-order chi connectivity index (χ0) is 17.8. The summed E-state index contributed by atoms with van der Waals surface area (Å²) in [6.45, 7) is 10.1. The number of nitrogens with zero attached hydrogens (tertiary/aromatic N) is 3. The molecule has 0 bridgehead atoms. The zero-order valence-electron chi connectivity index (χ0n) is 15.1. The highest BCUT2D eigenvalue weighted by Gasteiger charge is 2.25. The Bertz CT molecular complexity index is 614. The molecule has 0 aromatic carbocycles. The smallest absolute Gasteiger partial charge is 0.257 e. The third-order valence-corrected chi connectivity index (χ3v) is 4.94. The van der Waals surface area contributed by atoms with E-state index in [0.717, 1.165) is 25.4 Å². The van der Waals surface area contributed by atoms with Crippen molar-refractivity contribution in [2.45, 2.75) is 20.3 Å². The first kappa shape index (κ1) is 17.9. The van der Waals surface area contributed by atoms with E-state index in [1.165, 1.54) is 0 Å². The van der Waals surface area contributed by atoms with Gasteiger partial charge in [-0.15, -0.1) is 0 Å². The summed E-state index contributed by atoms with van der Waals surface area (Å²) in [7, 11) is 0. The van der Waals surface area contributed by atoms with Crippen LogP contribution >= 0.6 is 0 Å². The molecule has 3 rings (SSSR count). The van der Waals surface area contributed by atoms with E-state index in [0.29, 0.717) is 57.1 Å². The van der Waals surface area contributed by atoms with Crippen LogP contribution < -0.4 is 0 Å². The van der Waals surface area contributed by atoms with Crippen LogP contribution in [-0.2, 0) is 9.53 Å². The maximum atomic E-state index is 12.6. The van der Waals surface area contributed by atoms with Gasteiger partial charge in [-0.1, -0.05) is 0 Å². The normalized spacial score (nSPS) is 19.3. The first-order chi connectivity index (χ1) is 12.0. The Labute approximate surface area is 148 Å². The van der Waals surface area contributed by atoms with Gasteiger partial charge in [0.1, 0.15) is 11.5 Å². The van der Waals surface area contributed by atoms with E-state index in [4.69, 9.17) is 9.15 Å². The second-order valence-corrected chi connectivity index (χ2v) is 6.70. The highest BCUT2D eigenvalue weighted by molar-refractivity contribution is 5.95. The number of carbonyl (C=O) groups is 2. The Morgan fingerprint density at radius 3 is 2.28 bits per heavy atom. The monoisotopic (exact) mass is 349 g/mol. The second kappa shape index (κ2) is 8.01. The molecule has 0 atom stereocenters. The van der Waals surface area contributed by atoms with Crippen molar-refractivity contribution in [3.63, 3.8) is 0 Å². The van der Waals surface area contributed by atoms with Crippen molar-refractivity contribution in [1.29, 1.82) is 0 Å². The lowest BCUT2D eigenvalue weighted by molar-refractivity contribution is -0.135. The molecule has 1 aromatic rings. The Kier molecular flexibility index (Phi) is 5.75. The van der Waals surface area contributed by atoms with Gasteiger partial charge in [0.25, 0.3) is 5.91 Å². The Morgan fingerprint density at radius 2 is 1.68 bits per heavy atom. The molecule has 2 aliphatic heterocycles. The Morgan fingerprint density at radius 1 is 1.00 bits per heavy atom. The number of ether oxygens (including phenoxy) is 1. The number of hydrogen-bond donors (Lipinski definition) is 0. The van der Waals surface area contributed by atoms with Gasteiger partial charge in [-0.2, -0.15) is 0 Å². The molecule has 0 spiro atoms. The summed E-state index contributed by atoms with van der Waals surface area (Å²) in [6.07, 6.45) is 0.536. The van der Waals surface area contributed by atoms with Crippen molar-refractivity contribution >= 4 is 11.8 Å². The lowest BCUT2D eigenvalue weighted by Gasteiger charge is -2.35. The number of piperazine rings is 1. The van der Waals surface area contributed by atoms with Crippen molar-refractivity contribution in [3.05, 3.63) is 23.2 Å². The van der Waals surface area contributed by atoms with E-state index in [2.05, 4.69) is 4.90 Å². The first-order valence-corrected chi connectivity index (χ1v) is 8.99. The molecule has 0 N–H and O–H groups in total. The van der Waals surface area contributed by atoms with Crippen molar-refractivity contribution < 1.29 is 18.7 Å². The molecule has 2 amide bonds. The number of rotatable bonds is 4. The summed E-state index contributed by atoms with van der Waals surface area (Å²) < 4.78 is 10.7. The van der Waals surface area contributed by atoms with Gasteiger partial charge in [0, 0.05) is 52.2 Å². The predicted octanol–water partition coefficient (Wildman–Crippen LogP) is 0.903. The van der Waals surface area contributed by atoms with Crippen LogP contribution in [0.2, 0.25) is 0 Å². The summed E-state index contributed by atoms with van der Waals surface area (Å²) in [5, 5.41) is 0. The summed E-state index contributed by atoms with van der Waals surface area (Å²) in [6, 6.07) is 1.81. The second-order valence-electron chi connectivity index (χ2n) is 6.70. The van der Waals surface area contributed by atoms with Crippen molar-refractivity contribution in [3.8, 4) is 0 Å². The van der Waals surface area contributed by atoms with Crippen molar-refractivity contribution in [2.24, 2.45) is 0 Å². The van der Waals surface area contributed by atoms with Crippen LogP contribution in [0, 0.1) is 13.8 Å². The van der Waals surface area contributed by atoms with Crippen LogP contribution in [-0.4, -0.2) is 85.5 Å². The largest absolute Gasteiger partial charge is 0.466 e. The summed E-state index contributed by atoms with van der Waals surface area (Å²) >= 11 is 0. The Balaban J connectivity index is 1.43. The average molecular weight is 349 g/mol. The highest BCUT2D eigenvalue weighted by atomic mass is 16.5. The quantitative estimate of drug-likeness (QED) is 0.808. The molecule has 0 saturated carbocycles. The summed E-state index contributed by atoms with van der Waals surface area (Å²) in [5.74, 6) is 1.69. The van der Waals surface area contributed by atoms with Crippen LogP contribution in [0.5, 0.6) is 0 Å². The molecule has 3 heterocycles. The SMILES string of the molecule is Cc1cc(C(=O)N2CCN(CCC(=O)N3CCOCC3)CC2)c(C)o1. The maximum absolute atomic E-state index is 12.6. The van der Waals surface area contributed by atoms with Gasteiger partial charge in [-0.25, -0.2) is 0 Å². The molecule has 2 saturated heterocycles. The van der Waals surface area contributed by atoms with Crippen LogP contribution in [0.15, 0.2) is 10.5 Å². The number of morpholine rings is 1. The molecule has 0 aliphatic carbocycles. The Hall–Kier alpha value is -1.86. The van der Waals surface area contributed by atoms with Gasteiger partial charge in [0.2, 0.25) is 5.91 Å². The van der Waals surface area contributed by atoms with Gasteiger partial charge in [0.05, 0.1) is 18.8 Å². The summed E-state index contributed by atoms with van der Waals surface area (Å²) in [4.78, 5) is 30.8. The third kappa shape index (κ3) is 4.41. The summed E-state index contributed by atoms with van der Waals surface area (Å²) in [5.41, 5.74) is 0.661. The minimum atomic E-state index is 0.0402. The fourth-order valence-corrected chi connectivity index (χ4v) is 3.41. The predicted molar refractivity (Wildman–Crippen MR) is 92.5 cm³/mol. The molecule has 1 aromatic heterocycles. The zero-order valence-corrected chi connectivity index (χ0v) is 15.1. The first-order valence-electron chi connectivity index (χ1n) is 8.99. The van der Waals surface area contributed by atoms with Gasteiger partial charge in [-0.05, 0) is 19.9 Å². The van der Waals surface area contributed by atoms with Gasteiger partial charge in [0.15, 0.2) is 0 Å². The number of amides is 2. The van der Waals surface area contributed by atoms with Crippen LogP contribution in [0.3, 0.4) is 0 Å². The fourth-order valence-electron chi connectivity index (χ4n) is 3.41. The van der Waals surface area contributed by atoms with Crippen LogP contribution in [0.25, 0.3) is 0 Å². The molecule has 138 valence electrons. The molecule has 2 fully saturated rings. The van der Waals surface area contributed by atoms with Crippen molar-refractivity contribution in [1.82, 2.24) is 14.7 Å². The maximum Gasteiger partial charge on any atom is 0.257 e. The van der Waals surface area contributed by atoms with E-state index < -0.39 is 0 Å². The molecule has 0 unspecified atom stereocenters. The van der Waals surface area contributed by atoms with Crippen LogP contribution in [0.4, 0.5) is 0 Å². The van der Waals surface area contributed by atoms with Crippen molar-refractivity contribution in [2.75, 3.05) is 59.0 Å². The van der Waals surface area contributed by atoms with Crippen LogP contribution in [0.1, 0.15) is 28.3 Å². The minimum absolute atomic E-state index is 0.0402. The minimum Gasteiger partial charge on any atom is -0.466 e. The lowest BCUT2D eigenvalue weighted by Crippen LogP contribution is -2.49. The molecule has 7 nitrogen and oxygen atoms in total.